The SMILES string of the molecule is CC1(C)OB(C(=Cc2ccc3cccnc3c2)CS)OC1(C)C. The number of thiol groups is 1. The summed E-state index contributed by atoms with van der Waals surface area (Å²) in [5.41, 5.74) is 2.39. The number of fused-ring (bicyclic) bond motifs is 1. The molecule has 1 fully saturated rings. The van der Waals surface area contributed by atoms with Gasteiger partial charge in [0.05, 0.1) is 16.7 Å². The van der Waals surface area contributed by atoms with E-state index in [-0.39, 0.29) is 18.3 Å². The van der Waals surface area contributed by atoms with E-state index in [1.807, 2.05) is 12.3 Å². The number of nitrogens with zero attached hydrogens (tertiary/aromatic N) is 1. The third-order valence-corrected chi connectivity index (χ3v) is 5.09. The first kappa shape index (κ1) is 16.6. The highest BCUT2D eigenvalue weighted by Gasteiger charge is 2.52. The molecule has 2 heterocycles. The van der Waals surface area contributed by atoms with E-state index in [0.29, 0.717) is 5.75 Å². The van der Waals surface area contributed by atoms with Gasteiger partial charge in [-0.3, -0.25) is 4.98 Å². The minimum Gasteiger partial charge on any atom is -0.400 e. The van der Waals surface area contributed by atoms with Crippen LogP contribution in [0.15, 0.2) is 42.0 Å². The highest BCUT2D eigenvalue weighted by molar-refractivity contribution is 7.80. The zero-order valence-corrected chi connectivity index (χ0v) is 14.9. The van der Waals surface area contributed by atoms with E-state index in [4.69, 9.17) is 9.31 Å². The average molecular weight is 327 g/mol. The van der Waals surface area contributed by atoms with Gasteiger partial charge in [-0.1, -0.05) is 24.3 Å². The molecule has 0 bridgehead atoms. The molecule has 1 aromatic carbocycles. The summed E-state index contributed by atoms with van der Waals surface area (Å²) in [6.07, 6.45) is 3.90. The molecule has 1 aliphatic heterocycles. The van der Waals surface area contributed by atoms with Gasteiger partial charge in [-0.15, -0.1) is 0 Å². The number of hydrogen-bond donors (Lipinski definition) is 1. The van der Waals surface area contributed by atoms with E-state index in [1.54, 1.807) is 0 Å². The Bertz CT molecular complexity index is 742. The largest absolute Gasteiger partial charge is 0.491 e. The molecule has 0 aliphatic carbocycles. The first-order chi connectivity index (χ1) is 10.8. The average Bonchev–Trinajstić information content (AvgIpc) is 2.72. The van der Waals surface area contributed by atoms with E-state index < -0.39 is 0 Å². The summed E-state index contributed by atoms with van der Waals surface area (Å²) in [5, 5.41) is 1.13. The first-order valence-corrected chi connectivity index (χ1v) is 8.47. The smallest absolute Gasteiger partial charge is 0.400 e. The van der Waals surface area contributed by atoms with Crippen LogP contribution in [0.25, 0.3) is 17.0 Å². The fraction of sp³-hybridized carbons (Fsp3) is 0.389. The van der Waals surface area contributed by atoms with Gasteiger partial charge in [0.2, 0.25) is 0 Å². The molecule has 0 unspecified atom stereocenters. The maximum Gasteiger partial charge on any atom is 0.491 e. The van der Waals surface area contributed by atoms with E-state index in [9.17, 15) is 0 Å². The zero-order chi connectivity index (χ0) is 16.7. The van der Waals surface area contributed by atoms with E-state index >= 15 is 0 Å². The predicted octanol–water partition coefficient (Wildman–Crippen LogP) is 4.18. The van der Waals surface area contributed by atoms with E-state index in [1.165, 1.54) is 0 Å². The molecule has 0 spiro atoms. The number of pyridine rings is 1. The monoisotopic (exact) mass is 327 g/mol. The molecule has 1 aromatic heterocycles. The number of hydrogen-bond acceptors (Lipinski definition) is 4. The maximum absolute atomic E-state index is 6.12. The van der Waals surface area contributed by atoms with E-state index in [2.05, 4.69) is 75.6 Å². The van der Waals surface area contributed by atoms with Crippen LogP contribution in [0.5, 0.6) is 0 Å². The standard InChI is InChI=1S/C18H22BNO2S/c1-17(2)18(3,4)22-19(21-17)15(12-23)10-13-7-8-14-6-5-9-20-16(14)11-13/h5-11,23H,12H2,1-4H3. The van der Waals surface area contributed by atoms with Crippen LogP contribution in [0, 0.1) is 0 Å². The minimum atomic E-state index is -0.364. The van der Waals surface area contributed by atoms with Crippen LogP contribution in [-0.2, 0) is 9.31 Å². The fourth-order valence-corrected chi connectivity index (χ4v) is 2.81. The van der Waals surface area contributed by atoms with Gasteiger partial charge in [-0.25, -0.2) is 0 Å². The van der Waals surface area contributed by atoms with Crippen LogP contribution >= 0.6 is 12.6 Å². The van der Waals surface area contributed by atoms with Crippen LogP contribution in [0.1, 0.15) is 33.3 Å². The third kappa shape index (κ3) is 3.18. The van der Waals surface area contributed by atoms with Gasteiger partial charge in [-0.2, -0.15) is 12.6 Å². The molecule has 1 saturated heterocycles. The Morgan fingerprint density at radius 3 is 2.52 bits per heavy atom. The Morgan fingerprint density at radius 2 is 1.87 bits per heavy atom. The molecule has 2 aromatic rings. The molecule has 0 atom stereocenters. The lowest BCUT2D eigenvalue weighted by atomic mass is 9.78. The van der Waals surface area contributed by atoms with Crippen molar-refractivity contribution in [3.8, 4) is 0 Å². The van der Waals surface area contributed by atoms with Crippen LogP contribution in [-0.4, -0.2) is 29.1 Å². The van der Waals surface area contributed by atoms with Crippen LogP contribution < -0.4 is 0 Å². The predicted molar refractivity (Wildman–Crippen MR) is 99.7 cm³/mol. The van der Waals surface area contributed by atoms with E-state index in [0.717, 1.165) is 21.9 Å². The summed E-state index contributed by atoms with van der Waals surface area (Å²) < 4.78 is 12.2. The van der Waals surface area contributed by atoms with Crippen LogP contribution in [0.2, 0.25) is 0 Å². The van der Waals surface area contributed by atoms with Gasteiger partial charge in [0.15, 0.2) is 0 Å². The molecule has 3 rings (SSSR count). The Balaban J connectivity index is 1.92. The highest BCUT2D eigenvalue weighted by Crippen LogP contribution is 2.39. The van der Waals surface area contributed by atoms with Gasteiger partial charge in [0.25, 0.3) is 0 Å². The lowest BCUT2D eigenvalue weighted by Crippen LogP contribution is -2.41. The summed E-state index contributed by atoms with van der Waals surface area (Å²) in [7, 11) is -0.364. The normalized spacial score (nSPS) is 20.2. The number of rotatable bonds is 3. The second-order valence-corrected chi connectivity index (χ2v) is 7.24. The van der Waals surface area contributed by atoms with Crippen molar-refractivity contribution >= 4 is 36.7 Å². The molecule has 0 N–H and O–H groups in total. The summed E-state index contributed by atoms with van der Waals surface area (Å²) in [5.74, 6) is 0.580. The van der Waals surface area contributed by atoms with Crippen molar-refractivity contribution in [2.75, 3.05) is 5.75 Å². The molecule has 23 heavy (non-hydrogen) atoms. The molecule has 3 nitrogen and oxygen atoms in total. The van der Waals surface area contributed by atoms with Gasteiger partial charge in [0, 0.05) is 17.3 Å². The molecule has 0 saturated carbocycles. The van der Waals surface area contributed by atoms with Crippen molar-refractivity contribution in [1.29, 1.82) is 0 Å². The maximum atomic E-state index is 6.12. The van der Waals surface area contributed by atoms with Crippen LogP contribution in [0.3, 0.4) is 0 Å². The topological polar surface area (TPSA) is 31.4 Å². The van der Waals surface area contributed by atoms with Gasteiger partial charge in [-0.05, 0) is 50.9 Å². The van der Waals surface area contributed by atoms with Gasteiger partial charge in [0.1, 0.15) is 0 Å². The lowest BCUT2D eigenvalue weighted by Gasteiger charge is -2.32. The van der Waals surface area contributed by atoms with Crippen molar-refractivity contribution in [2.24, 2.45) is 0 Å². The molecular weight excluding hydrogens is 305 g/mol. The molecule has 5 heteroatoms. The van der Waals surface area contributed by atoms with Crippen molar-refractivity contribution < 1.29 is 9.31 Å². The minimum absolute atomic E-state index is 0.343. The highest BCUT2D eigenvalue weighted by atomic mass is 32.1. The van der Waals surface area contributed by atoms with Gasteiger partial charge < -0.3 is 9.31 Å². The van der Waals surface area contributed by atoms with Crippen molar-refractivity contribution in [2.45, 2.75) is 38.9 Å². The first-order valence-electron chi connectivity index (χ1n) is 7.84. The van der Waals surface area contributed by atoms with Crippen molar-refractivity contribution in [3.63, 3.8) is 0 Å². The summed E-state index contributed by atoms with van der Waals surface area (Å²) in [4.78, 5) is 4.41. The Kier molecular flexibility index (Phi) is 4.30. The molecule has 120 valence electrons. The Labute approximate surface area is 143 Å². The molecule has 0 amide bonds. The zero-order valence-electron chi connectivity index (χ0n) is 14.0. The second kappa shape index (κ2) is 5.97. The summed E-state index contributed by atoms with van der Waals surface area (Å²) in [6.45, 7) is 8.23. The number of aromatic nitrogens is 1. The van der Waals surface area contributed by atoms with Crippen molar-refractivity contribution in [1.82, 2.24) is 4.98 Å². The lowest BCUT2D eigenvalue weighted by molar-refractivity contribution is 0.00578. The van der Waals surface area contributed by atoms with Gasteiger partial charge >= 0.3 is 7.12 Å². The summed E-state index contributed by atoms with van der Waals surface area (Å²) in [6, 6.07) is 10.2. The fourth-order valence-electron chi connectivity index (χ4n) is 2.57. The third-order valence-electron chi connectivity index (χ3n) is 4.72. The molecular formula is C18H22BNO2S. The Hall–Kier alpha value is -1.30. The molecule has 0 radical (unpaired) electrons. The quantitative estimate of drug-likeness (QED) is 0.678. The second-order valence-electron chi connectivity index (χ2n) is 6.92. The number of benzene rings is 1. The molecule has 1 aliphatic rings. The van der Waals surface area contributed by atoms with Crippen LogP contribution in [0.4, 0.5) is 0 Å². The summed E-state index contributed by atoms with van der Waals surface area (Å²) >= 11 is 4.46. The Morgan fingerprint density at radius 1 is 1.17 bits per heavy atom. The van der Waals surface area contributed by atoms with Crippen molar-refractivity contribution in [3.05, 3.63) is 47.6 Å².